The van der Waals surface area contributed by atoms with Gasteiger partial charge in [-0.15, -0.1) is 0 Å². The number of benzene rings is 1. The van der Waals surface area contributed by atoms with Crippen LogP contribution in [0.15, 0.2) is 42.6 Å². The van der Waals surface area contributed by atoms with E-state index in [4.69, 9.17) is 0 Å². The number of rotatable bonds is 6. The molecular formula is C19H21N5O. The Kier molecular flexibility index (Phi) is 4.88. The lowest BCUT2D eigenvalue weighted by Gasteiger charge is -2.10. The van der Waals surface area contributed by atoms with Crippen molar-refractivity contribution in [1.82, 2.24) is 19.7 Å². The molecule has 6 nitrogen and oxygen atoms in total. The topological polar surface area (TPSA) is 72.7 Å². The van der Waals surface area contributed by atoms with Crippen molar-refractivity contribution in [3.8, 4) is 5.82 Å². The molecule has 0 unspecified atom stereocenters. The minimum atomic E-state index is -0.00395. The van der Waals surface area contributed by atoms with Crippen molar-refractivity contribution < 1.29 is 4.79 Å². The van der Waals surface area contributed by atoms with Crippen molar-refractivity contribution in [2.75, 3.05) is 11.9 Å². The summed E-state index contributed by atoms with van der Waals surface area (Å²) in [7, 11) is 0. The Balaban J connectivity index is 1.78. The highest BCUT2D eigenvalue weighted by Crippen LogP contribution is 2.16. The van der Waals surface area contributed by atoms with Crippen molar-refractivity contribution in [2.45, 2.75) is 27.2 Å². The molecule has 0 amide bonds. The van der Waals surface area contributed by atoms with Crippen LogP contribution in [0, 0.1) is 13.8 Å². The number of nitrogens with one attached hydrogen (secondary N) is 1. The molecule has 0 radical (unpaired) electrons. The molecule has 0 bridgehead atoms. The Morgan fingerprint density at radius 2 is 1.92 bits per heavy atom. The molecule has 1 N–H and O–H groups in total. The van der Waals surface area contributed by atoms with Gasteiger partial charge in [-0.1, -0.05) is 30.3 Å². The lowest BCUT2D eigenvalue weighted by Crippen LogP contribution is -2.10. The third kappa shape index (κ3) is 3.91. The summed E-state index contributed by atoms with van der Waals surface area (Å²) >= 11 is 0. The summed E-state index contributed by atoms with van der Waals surface area (Å²) in [5, 5.41) is 7.63. The summed E-state index contributed by atoms with van der Waals surface area (Å²) in [6.07, 6.45) is 2.49. The van der Waals surface area contributed by atoms with E-state index in [9.17, 15) is 4.79 Å². The fraction of sp³-hybridized carbons (Fsp3) is 0.263. The van der Waals surface area contributed by atoms with Crippen LogP contribution >= 0.6 is 0 Å². The Hall–Kier alpha value is -3.02. The monoisotopic (exact) mass is 335 g/mol. The zero-order valence-corrected chi connectivity index (χ0v) is 14.7. The number of aromatic nitrogens is 4. The van der Waals surface area contributed by atoms with E-state index >= 15 is 0 Å². The molecule has 2 heterocycles. The molecule has 2 aromatic heterocycles. The summed E-state index contributed by atoms with van der Waals surface area (Å²) in [5.41, 5.74) is 2.66. The maximum atomic E-state index is 11.6. The predicted molar refractivity (Wildman–Crippen MR) is 97.3 cm³/mol. The molecule has 0 aliphatic rings. The number of Topliss-reactive ketones (excluding diaryl/α,β-unsaturated/α-hetero) is 1. The number of anilines is 1. The van der Waals surface area contributed by atoms with Crippen LogP contribution in [0.4, 0.5) is 5.82 Å². The molecule has 0 fully saturated rings. The lowest BCUT2D eigenvalue weighted by atomic mass is 10.1. The van der Waals surface area contributed by atoms with Crippen molar-refractivity contribution >= 4 is 11.6 Å². The molecule has 128 valence electrons. The van der Waals surface area contributed by atoms with Gasteiger partial charge < -0.3 is 5.32 Å². The predicted octanol–water partition coefficient (Wildman–Crippen LogP) is 3.14. The Bertz CT molecular complexity index is 886. The molecule has 25 heavy (non-hydrogen) atoms. The number of carbonyl (C=O) groups excluding carboxylic acids is 1. The first kappa shape index (κ1) is 16.8. The number of nitrogens with zero attached hydrogens (tertiary/aromatic N) is 4. The second-order valence-corrected chi connectivity index (χ2v) is 5.93. The van der Waals surface area contributed by atoms with E-state index in [1.807, 2.05) is 38.1 Å². The highest BCUT2D eigenvalue weighted by molar-refractivity contribution is 5.95. The van der Waals surface area contributed by atoms with Gasteiger partial charge in [-0.3, -0.25) is 4.79 Å². The quantitative estimate of drug-likeness (QED) is 0.701. The van der Waals surface area contributed by atoms with Crippen LogP contribution in [-0.2, 0) is 6.42 Å². The van der Waals surface area contributed by atoms with Gasteiger partial charge in [0.15, 0.2) is 11.6 Å². The van der Waals surface area contributed by atoms with E-state index in [-0.39, 0.29) is 5.78 Å². The first-order chi connectivity index (χ1) is 12.0. The fourth-order valence-electron chi connectivity index (χ4n) is 2.72. The van der Waals surface area contributed by atoms with Crippen LogP contribution in [0.5, 0.6) is 0 Å². The summed E-state index contributed by atoms with van der Waals surface area (Å²) in [4.78, 5) is 20.5. The van der Waals surface area contributed by atoms with Crippen molar-refractivity contribution in [3.63, 3.8) is 0 Å². The maximum Gasteiger partial charge on any atom is 0.163 e. The van der Waals surface area contributed by atoms with Gasteiger partial charge in [-0.05, 0) is 32.8 Å². The van der Waals surface area contributed by atoms with Crippen molar-refractivity contribution in [1.29, 1.82) is 0 Å². The van der Waals surface area contributed by atoms with E-state index in [0.717, 1.165) is 24.5 Å². The first-order valence-corrected chi connectivity index (χ1v) is 8.24. The average Bonchev–Trinajstić information content (AvgIpc) is 2.97. The normalized spacial score (nSPS) is 10.7. The zero-order chi connectivity index (χ0) is 17.8. The Morgan fingerprint density at radius 3 is 2.60 bits per heavy atom. The van der Waals surface area contributed by atoms with Crippen molar-refractivity contribution in [3.05, 3.63) is 65.2 Å². The third-order valence-corrected chi connectivity index (χ3v) is 3.99. The van der Waals surface area contributed by atoms with Crippen LogP contribution in [0.1, 0.15) is 34.4 Å². The van der Waals surface area contributed by atoms with E-state index in [1.165, 1.54) is 12.5 Å². The summed E-state index contributed by atoms with van der Waals surface area (Å²) < 4.78 is 1.67. The maximum absolute atomic E-state index is 11.6. The second-order valence-electron chi connectivity index (χ2n) is 5.93. The molecule has 0 atom stereocenters. The number of hydrogen-bond acceptors (Lipinski definition) is 5. The number of hydrogen-bond donors (Lipinski definition) is 1. The van der Waals surface area contributed by atoms with Gasteiger partial charge in [0.1, 0.15) is 11.6 Å². The SMILES string of the molecule is CC(=O)c1cnn(-c2cc(NCCc3ccccc3)nc(C)n2)c1C. The van der Waals surface area contributed by atoms with E-state index in [1.54, 1.807) is 10.9 Å². The molecule has 1 aromatic carbocycles. The van der Waals surface area contributed by atoms with Crippen LogP contribution in [0.25, 0.3) is 5.82 Å². The molecule has 0 aliphatic carbocycles. The van der Waals surface area contributed by atoms with Gasteiger partial charge in [0.2, 0.25) is 0 Å². The average molecular weight is 335 g/mol. The molecule has 0 spiro atoms. The van der Waals surface area contributed by atoms with Crippen molar-refractivity contribution in [2.24, 2.45) is 0 Å². The largest absolute Gasteiger partial charge is 0.370 e. The third-order valence-electron chi connectivity index (χ3n) is 3.99. The van der Waals surface area contributed by atoms with Crippen LogP contribution in [-0.4, -0.2) is 32.1 Å². The first-order valence-electron chi connectivity index (χ1n) is 8.24. The van der Waals surface area contributed by atoms with Gasteiger partial charge in [0.05, 0.1) is 17.5 Å². The Morgan fingerprint density at radius 1 is 1.16 bits per heavy atom. The lowest BCUT2D eigenvalue weighted by molar-refractivity contribution is 0.101. The molecule has 3 aromatic rings. The molecule has 0 aliphatic heterocycles. The van der Waals surface area contributed by atoms with Gasteiger partial charge in [-0.2, -0.15) is 5.10 Å². The van der Waals surface area contributed by atoms with Crippen LogP contribution in [0.3, 0.4) is 0 Å². The van der Waals surface area contributed by atoms with E-state index < -0.39 is 0 Å². The Labute approximate surface area is 146 Å². The van der Waals surface area contributed by atoms with E-state index in [0.29, 0.717) is 17.2 Å². The standard InChI is InChI=1S/C19H21N5O/c1-13-17(14(2)25)12-21-24(13)19-11-18(22-15(3)23-19)20-10-9-16-7-5-4-6-8-16/h4-8,11-12H,9-10H2,1-3H3,(H,20,22,23). The number of ketones is 1. The number of carbonyl (C=O) groups is 1. The molecule has 0 saturated carbocycles. The molecule has 0 saturated heterocycles. The van der Waals surface area contributed by atoms with Gasteiger partial charge in [-0.25, -0.2) is 14.6 Å². The smallest absolute Gasteiger partial charge is 0.163 e. The van der Waals surface area contributed by atoms with Crippen LogP contribution < -0.4 is 5.32 Å². The summed E-state index contributed by atoms with van der Waals surface area (Å²) in [6, 6.07) is 12.1. The van der Waals surface area contributed by atoms with Gasteiger partial charge >= 0.3 is 0 Å². The van der Waals surface area contributed by atoms with Gasteiger partial charge in [0.25, 0.3) is 0 Å². The molecule has 3 rings (SSSR count). The molecular weight excluding hydrogens is 314 g/mol. The summed E-state index contributed by atoms with van der Waals surface area (Å²) in [6.45, 7) is 6.02. The fourth-order valence-corrected chi connectivity index (χ4v) is 2.72. The highest BCUT2D eigenvalue weighted by Gasteiger charge is 2.13. The van der Waals surface area contributed by atoms with Crippen LogP contribution in [0.2, 0.25) is 0 Å². The van der Waals surface area contributed by atoms with Gasteiger partial charge in [0, 0.05) is 12.6 Å². The second kappa shape index (κ2) is 7.25. The van der Waals surface area contributed by atoms with E-state index in [2.05, 4.69) is 32.5 Å². The zero-order valence-electron chi connectivity index (χ0n) is 14.7. The summed E-state index contributed by atoms with van der Waals surface area (Å²) in [5.74, 6) is 2.05. The number of aryl methyl sites for hydroxylation is 1. The molecule has 6 heteroatoms. The minimum Gasteiger partial charge on any atom is -0.370 e. The minimum absolute atomic E-state index is 0.00395. The highest BCUT2D eigenvalue weighted by atomic mass is 16.1.